The first kappa shape index (κ1) is 9.43. The van der Waals surface area contributed by atoms with Gasteiger partial charge < -0.3 is 9.52 Å². The van der Waals surface area contributed by atoms with Crippen LogP contribution in [0.15, 0.2) is 28.2 Å². The van der Waals surface area contributed by atoms with Crippen LogP contribution < -0.4 is 0 Å². The monoisotopic (exact) mass is 209 g/mol. The molecule has 3 nitrogen and oxygen atoms in total. The Hall–Kier alpha value is -1.13. The summed E-state index contributed by atoms with van der Waals surface area (Å²) in [6, 6.07) is 3.50. The summed E-state index contributed by atoms with van der Waals surface area (Å²) >= 11 is 1.56. The van der Waals surface area contributed by atoms with Crippen LogP contribution >= 0.6 is 11.3 Å². The Balaban J connectivity index is 2.23. The predicted molar refractivity (Wildman–Crippen MR) is 54.3 cm³/mol. The molecule has 0 radical (unpaired) electrons. The van der Waals surface area contributed by atoms with Crippen molar-refractivity contribution in [3.05, 3.63) is 40.2 Å². The van der Waals surface area contributed by atoms with E-state index < -0.39 is 6.10 Å². The average Bonchev–Trinajstić information content (AvgIpc) is 2.88. The largest absolute Gasteiger partial charge is 0.466 e. The highest BCUT2D eigenvalue weighted by molar-refractivity contribution is 7.09. The van der Waals surface area contributed by atoms with E-state index in [1.54, 1.807) is 29.7 Å². The van der Waals surface area contributed by atoms with E-state index >= 15 is 0 Å². The van der Waals surface area contributed by atoms with Crippen molar-refractivity contribution in [2.45, 2.75) is 19.4 Å². The van der Waals surface area contributed by atoms with Crippen LogP contribution in [-0.4, -0.2) is 10.1 Å². The number of hydrogen-bond acceptors (Lipinski definition) is 4. The molecule has 2 aromatic rings. The minimum Gasteiger partial charge on any atom is -0.466 e. The lowest BCUT2D eigenvalue weighted by Crippen LogP contribution is -1.98. The summed E-state index contributed by atoms with van der Waals surface area (Å²) in [5.74, 6) is 0.540. The number of nitrogens with zero attached hydrogens (tertiary/aromatic N) is 1. The summed E-state index contributed by atoms with van der Waals surface area (Å²) in [7, 11) is 0. The highest BCUT2D eigenvalue weighted by atomic mass is 32.1. The van der Waals surface area contributed by atoms with Crippen LogP contribution in [0.1, 0.15) is 29.5 Å². The van der Waals surface area contributed by atoms with E-state index in [2.05, 4.69) is 4.98 Å². The molecule has 74 valence electrons. The van der Waals surface area contributed by atoms with Gasteiger partial charge >= 0.3 is 0 Å². The normalized spacial score (nSPS) is 13.0. The zero-order valence-electron chi connectivity index (χ0n) is 7.80. The smallest absolute Gasteiger partial charge is 0.154 e. The number of aliphatic hydroxyl groups is 1. The molecule has 2 aromatic heterocycles. The van der Waals surface area contributed by atoms with E-state index in [4.69, 9.17) is 4.42 Å². The summed E-state index contributed by atoms with van der Waals surface area (Å²) in [5, 5.41) is 12.7. The summed E-state index contributed by atoms with van der Waals surface area (Å²) in [6.45, 7) is 2.04. The molecule has 0 spiro atoms. The van der Waals surface area contributed by atoms with Gasteiger partial charge in [0.15, 0.2) is 6.10 Å². The van der Waals surface area contributed by atoms with Crippen LogP contribution in [0.2, 0.25) is 0 Å². The fourth-order valence-electron chi connectivity index (χ4n) is 1.21. The van der Waals surface area contributed by atoms with Crippen molar-refractivity contribution in [2.24, 2.45) is 0 Å². The molecule has 0 amide bonds. The average molecular weight is 209 g/mol. The Bertz CT molecular complexity index is 394. The summed E-state index contributed by atoms with van der Waals surface area (Å²) < 4.78 is 5.11. The second kappa shape index (κ2) is 3.94. The van der Waals surface area contributed by atoms with Crippen LogP contribution in [-0.2, 0) is 6.42 Å². The summed E-state index contributed by atoms with van der Waals surface area (Å²) in [5.41, 5.74) is 0.668. The Labute approximate surface area is 86.0 Å². The van der Waals surface area contributed by atoms with Gasteiger partial charge in [0.25, 0.3) is 0 Å². The van der Waals surface area contributed by atoms with Crippen LogP contribution in [0, 0.1) is 0 Å². The highest BCUT2D eigenvalue weighted by Gasteiger charge is 2.15. The number of aryl methyl sites for hydroxylation is 1. The van der Waals surface area contributed by atoms with E-state index in [1.807, 2.05) is 12.3 Å². The third-order valence-corrected chi connectivity index (χ3v) is 2.98. The number of aliphatic hydroxyl groups excluding tert-OH is 1. The Morgan fingerprint density at radius 3 is 3.07 bits per heavy atom. The van der Waals surface area contributed by atoms with Gasteiger partial charge in [-0.05, 0) is 18.6 Å². The molecule has 2 rings (SSSR count). The quantitative estimate of drug-likeness (QED) is 0.844. The molecule has 0 aromatic carbocycles. The molecule has 0 saturated carbocycles. The minimum absolute atomic E-state index is 0.540. The van der Waals surface area contributed by atoms with E-state index in [0.29, 0.717) is 11.5 Å². The van der Waals surface area contributed by atoms with E-state index in [1.165, 1.54) is 0 Å². The molecule has 0 aliphatic rings. The minimum atomic E-state index is -0.735. The lowest BCUT2D eigenvalue weighted by Gasteiger charge is -2.02. The Morgan fingerprint density at radius 1 is 1.64 bits per heavy atom. The highest BCUT2D eigenvalue weighted by Crippen LogP contribution is 2.23. The maximum atomic E-state index is 9.84. The van der Waals surface area contributed by atoms with Crippen LogP contribution in [0.4, 0.5) is 0 Å². The van der Waals surface area contributed by atoms with Gasteiger partial charge in [0.1, 0.15) is 5.76 Å². The Morgan fingerprint density at radius 2 is 2.50 bits per heavy atom. The van der Waals surface area contributed by atoms with Crippen molar-refractivity contribution in [2.75, 3.05) is 0 Å². The lowest BCUT2D eigenvalue weighted by atomic mass is 10.2. The van der Waals surface area contributed by atoms with E-state index in [0.717, 1.165) is 11.4 Å². The first-order valence-electron chi connectivity index (χ1n) is 4.47. The molecule has 0 saturated heterocycles. The molecule has 2 heterocycles. The SMILES string of the molecule is CCc1nc(C(O)c2ccco2)cs1. The molecule has 0 aliphatic carbocycles. The van der Waals surface area contributed by atoms with Gasteiger partial charge in [0.05, 0.1) is 17.0 Å². The number of aromatic nitrogens is 1. The maximum Gasteiger partial charge on any atom is 0.154 e. The lowest BCUT2D eigenvalue weighted by molar-refractivity contribution is 0.185. The number of rotatable bonds is 3. The zero-order valence-corrected chi connectivity index (χ0v) is 8.62. The second-order valence-electron chi connectivity index (χ2n) is 2.94. The molecular formula is C10H11NO2S. The van der Waals surface area contributed by atoms with Crippen molar-refractivity contribution in [1.82, 2.24) is 4.98 Å². The van der Waals surface area contributed by atoms with Gasteiger partial charge in [-0.2, -0.15) is 0 Å². The van der Waals surface area contributed by atoms with Gasteiger partial charge in [0.2, 0.25) is 0 Å². The summed E-state index contributed by atoms with van der Waals surface area (Å²) in [6.07, 6.45) is 1.71. The van der Waals surface area contributed by atoms with Crippen molar-refractivity contribution in [3.8, 4) is 0 Å². The molecule has 0 aliphatic heterocycles. The van der Waals surface area contributed by atoms with E-state index in [9.17, 15) is 5.11 Å². The fraction of sp³-hybridized carbons (Fsp3) is 0.300. The Kier molecular flexibility index (Phi) is 2.65. The van der Waals surface area contributed by atoms with Gasteiger partial charge in [-0.15, -0.1) is 11.3 Å². The second-order valence-corrected chi connectivity index (χ2v) is 3.88. The first-order chi connectivity index (χ1) is 6.81. The number of hydrogen-bond donors (Lipinski definition) is 1. The number of thiazole rings is 1. The van der Waals surface area contributed by atoms with E-state index in [-0.39, 0.29) is 0 Å². The fourth-order valence-corrected chi connectivity index (χ4v) is 1.97. The van der Waals surface area contributed by atoms with Crippen LogP contribution in [0.3, 0.4) is 0 Å². The molecular weight excluding hydrogens is 198 g/mol. The van der Waals surface area contributed by atoms with Crippen molar-refractivity contribution in [3.63, 3.8) is 0 Å². The molecule has 14 heavy (non-hydrogen) atoms. The summed E-state index contributed by atoms with van der Waals surface area (Å²) in [4.78, 5) is 4.29. The molecule has 1 unspecified atom stereocenters. The molecule has 4 heteroatoms. The molecule has 1 atom stereocenters. The predicted octanol–water partition coefficient (Wildman–Crippen LogP) is 2.38. The van der Waals surface area contributed by atoms with Crippen LogP contribution in [0.5, 0.6) is 0 Å². The zero-order chi connectivity index (χ0) is 9.97. The van der Waals surface area contributed by atoms with Gasteiger partial charge in [-0.25, -0.2) is 4.98 Å². The van der Waals surface area contributed by atoms with Crippen molar-refractivity contribution >= 4 is 11.3 Å². The molecule has 0 fully saturated rings. The third-order valence-electron chi connectivity index (χ3n) is 1.96. The number of furan rings is 1. The first-order valence-corrected chi connectivity index (χ1v) is 5.35. The van der Waals surface area contributed by atoms with Gasteiger partial charge in [-0.3, -0.25) is 0 Å². The standard InChI is InChI=1S/C10H11NO2S/c1-2-9-11-7(6-14-9)10(12)8-4-3-5-13-8/h3-6,10,12H,2H2,1H3. The maximum absolute atomic E-state index is 9.84. The topological polar surface area (TPSA) is 46.3 Å². The van der Waals surface area contributed by atoms with Gasteiger partial charge in [-0.1, -0.05) is 6.92 Å². The van der Waals surface area contributed by atoms with Crippen LogP contribution in [0.25, 0.3) is 0 Å². The van der Waals surface area contributed by atoms with Crippen molar-refractivity contribution in [1.29, 1.82) is 0 Å². The van der Waals surface area contributed by atoms with Gasteiger partial charge in [0, 0.05) is 5.38 Å². The molecule has 1 N–H and O–H groups in total. The van der Waals surface area contributed by atoms with Crippen molar-refractivity contribution < 1.29 is 9.52 Å². The third kappa shape index (κ3) is 1.71. The molecule has 0 bridgehead atoms.